The number of piperazine rings is 1. The molecule has 11 nitrogen and oxygen atoms in total. The van der Waals surface area contributed by atoms with Crippen molar-refractivity contribution < 1.29 is 27.6 Å². The maximum atomic E-state index is 13.7. The third kappa shape index (κ3) is 6.97. The van der Waals surface area contributed by atoms with E-state index in [0.717, 1.165) is 32.4 Å². The van der Waals surface area contributed by atoms with Crippen LogP contribution in [0.15, 0.2) is 30.6 Å². The maximum absolute atomic E-state index is 13.7. The summed E-state index contributed by atoms with van der Waals surface area (Å²) in [5, 5.41) is 9.81. The largest absolute Gasteiger partial charge is 0.435 e. The third-order valence-electron chi connectivity index (χ3n) is 8.39. The van der Waals surface area contributed by atoms with Crippen LogP contribution in [0.1, 0.15) is 58.4 Å². The van der Waals surface area contributed by atoms with Crippen LogP contribution in [0, 0.1) is 5.92 Å². The molecule has 0 radical (unpaired) electrons. The smallest absolute Gasteiger partial charge is 0.339 e. The summed E-state index contributed by atoms with van der Waals surface area (Å²) < 4.78 is 43.8. The van der Waals surface area contributed by atoms with E-state index in [1.54, 1.807) is 9.80 Å². The molecular weight excluding hydrogens is 636 g/mol. The van der Waals surface area contributed by atoms with Gasteiger partial charge in [0.25, 0.3) is 11.8 Å². The quantitative estimate of drug-likeness (QED) is 0.389. The molecule has 3 amide bonds. The number of halogens is 5. The highest BCUT2D eigenvalue weighted by atomic mass is 35.5. The van der Waals surface area contributed by atoms with Crippen LogP contribution >= 0.6 is 24.0 Å². The van der Waals surface area contributed by atoms with E-state index < -0.39 is 17.8 Å². The summed E-state index contributed by atoms with van der Waals surface area (Å²) in [5.41, 5.74) is -0.532. The normalized spacial score (nSPS) is 18.6. The highest BCUT2D eigenvalue weighted by Gasteiger charge is 2.40. The van der Waals surface area contributed by atoms with E-state index in [0.29, 0.717) is 38.5 Å². The van der Waals surface area contributed by atoms with Gasteiger partial charge in [-0.15, -0.1) is 12.4 Å². The van der Waals surface area contributed by atoms with E-state index in [1.165, 1.54) is 46.9 Å². The number of anilines is 1. The minimum absolute atomic E-state index is 0. The van der Waals surface area contributed by atoms with Gasteiger partial charge in [-0.05, 0) is 56.5 Å². The molecule has 1 aromatic carbocycles. The zero-order chi connectivity index (χ0) is 31.2. The summed E-state index contributed by atoms with van der Waals surface area (Å²) >= 11 is 6.45. The molecule has 3 aliphatic rings. The third-order valence-corrected chi connectivity index (χ3v) is 8.70. The average Bonchev–Trinajstić information content (AvgIpc) is 3.34. The molecule has 0 spiro atoms. The molecule has 0 bridgehead atoms. The number of alkyl halides is 3. The number of imidazole rings is 1. The lowest BCUT2D eigenvalue weighted by molar-refractivity contribution is -0.141. The lowest BCUT2D eigenvalue weighted by atomic mass is 10.0. The molecule has 2 aliphatic heterocycles. The fraction of sp³-hybridized carbons (Fsp3) is 0.483. The van der Waals surface area contributed by atoms with Crippen molar-refractivity contribution in [3.05, 3.63) is 52.7 Å². The van der Waals surface area contributed by atoms with Crippen molar-refractivity contribution in [1.82, 2.24) is 34.4 Å². The highest BCUT2D eigenvalue weighted by molar-refractivity contribution is 6.34. The van der Waals surface area contributed by atoms with E-state index in [2.05, 4.69) is 20.7 Å². The lowest BCUT2D eigenvalue weighted by Gasteiger charge is -2.35. The van der Waals surface area contributed by atoms with Crippen molar-refractivity contribution in [2.24, 2.45) is 13.0 Å². The second-order valence-electron chi connectivity index (χ2n) is 11.5. The number of nitrogens with zero attached hydrogens (tertiary/aromatic N) is 6. The van der Waals surface area contributed by atoms with Crippen LogP contribution in [0.5, 0.6) is 0 Å². The summed E-state index contributed by atoms with van der Waals surface area (Å²) in [5.74, 6) is -0.580. The van der Waals surface area contributed by atoms with Gasteiger partial charge in [0.1, 0.15) is 0 Å². The zero-order valence-electron chi connectivity index (χ0n) is 24.4. The second-order valence-corrected chi connectivity index (χ2v) is 11.9. The molecule has 3 fully saturated rings. The Morgan fingerprint density at radius 3 is 2.42 bits per heavy atom. The summed E-state index contributed by atoms with van der Waals surface area (Å²) in [4.78, 5) is 46.4. The number of nitrogens with one attached hydrogen (secondary N) is 2. The number of benzene rings is 1. The fourth-order valence-electron chi connectivity index (χ4n) is 5.73. The molecular formula is C29H33Cl2F3N8O3. The Kier molecular flexibility index (Phi) is 9.47. The van der Waals surface area contributed by atoms with Gasteiger partial charge in [0.15, 0.2) is 11.5 Å². The Bertz CT molecular complexity index is 1590. The molecule has 0 unspecified atom stereocenters. The number of rotatable bonds is 7. The van der Waals surface area contributed by atoms with Crippen LogP contribution in [0.2, 0.25) is 5.02 Å². The predicted octanol–water partition coefficient (Wildman–Crippen LogP) is 4.25. The molecule has 2 N–H and O–H groups in total. The maximum Gasteiger partial charge on any atom is 0.435 e. The minimum Gasteiger partial charge on any atom is -0.339 e. The number of aromatic nitrogens is 4. The Morgan fingerprint density at radius 2 is 1.80 bits per heavy atom. The van der Waals surface area contributed by atoms with E-state index in [4.69, 9.17) is 11.6 Å². The van der Waals surface area contributed by atoms with Crippen LogP contribution in [-0.2, 0) is 18.0 Å². The number of hydrogen-bond acceptors (Lipinski definition) is 6. The molecule has 3 aromatic rings. The van der Waals surface area contributed by atoms with E-state index in [9.17, 15) is 27.6 Å². The first-order valence-electron chi connectivity index (χ1n) is 14.6. The van der Waals surface area contributed by atoms with Gasteiger partial charge in [0.05, 0.1) is 34.1 Å². The van der Waals surface area contributed by atoms with Gasteiger partial charge >= 0.3 is 6.18 Å². The monoisotopic (exact) mass is 668 g/mol. The van der Waals surface area contributed by atoms with E-state index in [1.807, 2.05) is 0 Å². The van der Waals surface area contributed by atoms with Crippen LogP contribution in [0.3, 0.4) is 0 Å². The summed E-state index contributed by atoms with van der Waals surface area (Å²) in [7, 11) is 1.46. The van der Waals surface area contributed by atoms with Crippen LogP contribution in [-0.4, -0.2) is 86.1 Å². The Balaban J connectivity index is 0.00000400. The van der Waals surface area contributed by atoms with Gasteiger partial charge in [-0.1, -0.05) is 11.6 Å². The molecule has 16 heteroatoms. The van der Waals surface area contributed by atoms with Gasteiger partial charge in [-0.3, -0.25) is 19.1 Å². The average molecular weight is 670 g/mol. The van der Waals surface area contributed by atoms with Gasteiger partial charge in [0.2, 0.25) is 5.91 Å². The van der Waals surface area contributed by atoms with Crippen molar-refractivity contribution >= 4 is 47.4 Å². The number of carbonyl (C=O) groups excluding carboxylic acids is 3. The minimum atomic E-state index is -4.67. The molecule has 1 aliphatic carbocycles. The molecule has 242 valence electrons. The molecule has 6 rings (SSSR count). The topological polar surface area (TPSA) is 117 Å². The van der Waals surface area contributed by atoms with E-state index >= 15 is 0 Å². The molecule has 2 saturated heterocycles. The number of amides is 3. The van der Waals surface area contributed by atoms with Gasteiger partial charge in [-0.25, -0.2) is 4.98 Å². The molecule has 1 atom stereocenters. The van der Waals surface area contributed by atoms with Gasteiger partial charge in [-0.2, -0.15) is 18.3 Å². The summed E-state index contributed by atoms with van der Waals surface area (Å²) in [6.07, 6.45) is 0.932. The first-order valence-corrected chi connectivity index (χ1v) is 14.9. The fourth-order valence-corrected chi connectivity index (χ4v) is 5.99. The van der Waals surface area contributed by atoms with Crippen LogP contribution < -0.4 is 10.6 Å². The lowest BCUT2D eigenvalue weighted by Crippen LogP contribution is -2.51. The standard InChI is InChI=1S/C29H32ClF3N8O3.ClH/c1-38-23(21-16-41(19-3-4-19)37-25(21)29(31,32)33)15-35-26(38)27(43)36-18-2-5-20(22(30)13-18)28(44)40-10-8-39(9-11-40)24(42)12-17-6-7-34-14-17;/h2,5,13,15-17,19,34H,3-4,6-12,14H2,1H3,(H,36,43);1H/t17-;/m1./s1. The molecule has 4 heterocycles. The van der Waals surface area contributed by atoms with Crippen LogP contribution in [0.4, 0.5) is 18.9 Å². The first-order chi connectivity index (χ1) is 21.0. The highest BCUT2D eigenvalue weighted by Crippen LogP contribution is 2.41. The van der Waals surface area contributed by atoms with Crippen molar-refractivity contribution in [2.45, 2.75) is 37.9 Å². The zero-order valence-corrected chi connectivity index (χ0v) is 26.0. The Hall–Kier alpha value is -3.62. The Labute approximate surface area is 268 Å². The Morgan fingerprint density at radius 1 is 1.09 bits per heavy atom. The first kappa shape index (κ1) is 32.8. The second kappa shape index (κ2) is 13.0. The summed E-state index contributed by atoms with van der Waals surface area (Å²) in [6, 6.07) is 4.42. The molecule has 45 heavy (non-hydrogen) atoms. The van der Waals surface area contributed by atoms with Crippen molar-refractivity contribution in [3.63, 3.8) is 0 Å². The van der Waals surface area contributed by atoms with Gasteiger partial charge < -0.3 is 25.0 Å². The number of hydrogen-bond donors (Lipinski definition) is 2. The predicted molar refractivity (Wildman–Crippen MR) is 162 cm³/mol. The molecule has 1 saturated carbocycles. The van der Waals surface area contributed by atoms with Crippen molar-refractivity contribution in [1.29, 1.82) is 0 Å². The van der Waals surface area contributed by atoms with Crippen molar-refractivity contribution in [2.75, 3.05) is 44.6 Å². The number of carbonyl (C=O) groups is 3. The SMILES string of the molecule is Cl.Cn1c(-c2cn(C3CC3)nc2C(F)(F)F)cnc1C(=O)Nc1ccc(C(=O)N2CCN(C(=O)C[C@H]3CCNC3)CC2)c(Cl)c1. The van der Waals surface area contributed by atoms with E-state index in [-0.39, 0.29) is 63.6 Å². The molecule has 2 aromatic heterocycles. The van der Waals surface area contributed by atoms with Gasteiger partial charge in [0, 0.05) is 51.5 Å². The summed E-state index contributed by atoms with van der Waals surface area (Å²) in [6.45, 7) is 3.48. The van der Waals surface area contributed by atoms with Crippen molar-refractivity contribution in [3.8, 4) is 11.3 Å². The van der Waals surface area contributed by atoms with Crippen LogP contribution in [0.25, 0.3) is 11.3 Å².